The molecule has 2 rings (SSSR count). The number of halogens is 1. The van der Waals surface area contributed by atoms with Gasteiger partial charge in [0, 0.05) is 28.2 Å². The van der Waals surface area contributed by atoms with Crippen LogP contribution in [-0.2, 0) is 37.1 Å². The van der Waals surface area contributed by atoms with E-state index in [-0.39, 0.29) is 54.8 Å². The summed E-state index contributed by atoms with van der Waals surface area (Å²) in [5, 5.41) is 13.8. The molecule has 2 aromatic rings. The fourth-order valence-corrected chi connectivity index (χ4v) is 3.45. The number of hydrogen-bond acceptors (Lipinski definition) is 8. The fourth-order valence-electron chi connectivity index (χ4n) is 3.45. The topological polar surface area (TPSA) is 181 Å². The minimum absolute atomic E-state index is 0. The van der Waals surface area contributed by atoms with E-state index in [1.165, 1.54) is 9.80 Å². The summed E-state index contributed by atoms with van der Waals surface area (Å²) in [6.45, 7) is 11.5. The summed E-state index contributed by atoms with van der Waals surface area (Å²) in [6.07, 6.45) is 0. The van der Waals surface area contributed by atoms with E-state index >= 15 is 0 Å². The van der Waals surface area contributed by atoms with Gasteiger partial charge in [0.2, 0.25) is 0 Å². The molecule has 0 saturated heterocycles. The zero-order chi connectivity index (χ0) is 37.0. The highest BCUT2D eigenvalue weighted by Gasteiger charge is 2.26. The third-order valence-electron chi connectivity index (χ3n) is 6.66. The van der Waals surface area contributed by atoms with Crippen molar-refractivity contribution in [1.82, 2.24) is 20.4 Å². The average molecular weight is 710 g/mol. The SMILES string of the molecule is CC(C)[C@H](N)C(=O)OCc1ccccc1.CC(C)[C@H](NC(=O)N(C)C)C(=O)O.CC(C)[C@H](NC(=O)N(C)C)C(=O)OCc1ccccc1.Cl. The van der Waals surface area contributed by atoms with Crippen LogP contribution in [0.4, 0.5) is 9.59 Å². The Labute approximate surface area is 297 Å². The summed E-state index contributed by atoms with van der Waals surface area (Å²) in [5.74, 6) is -1.82. The van der Waals surface area contributed by atoms with E-state index in [1.54, 1.807) is 42.0 Å². The van der Waals surface area contributed by atoms with Crippen molar-refractivity contribution in [3.05, 3.63) is 71.8 Å². The van der Waals surface area contributed by atoms with Gasteiger partial charge >= 0.3 is 30.0 Å². The number of carboxylic acids is 1. The molecule has 0 aliphatic rings. The van der Waals surface area contributed by atoms with Gasteiger partial charge in [0.05, 0.1) is 0 Å². The third-order valence-corrected chi connectivity index (χ3v) is 6.66. The molecule has 276 valence electrons. The molecule has 14 heteroatoms. The zero-order valence-electron chi connectivity index (χ0n) is 30.3. The number of urea groups is 2. The monoisotopic (exact) mass is 709 g/mol. The maximum absolute atomic E-state index is 12.1. The second-order valence-corrected chi connectivity index (χ2v) is 12.4. The molecule has 0 heterocycles. The highest BCUT2D eigenvalue weighted by atomic mass is 35.5. The van der Waals surface area contributed by atoms with E-state index in [4.69, 9.17) is 20.3 Å². The van der Waals surface area contributed by atoms with Crippen LogP contribution in [0.1, 0.15) is 52.7 Å². The van der Waals surface area contributed by atoms with Crippen LogP contribution in [0.5, 0.6) is 0 Å². The van der Waals surface area contributed by atoms with Crippen molar-refractivity contribution in [3.63, 3.8) is 0 Å². The van der Waals surface area contributed by atoms with Crippen LogP contribution in [0.15, 0.2) is 60.7 Å². The van der Waals surface area contributed by atoms with Gasteiger partial charge in [-0.1, -0.05) is 102 Å². The first-order valence-electron chi connectivity index (χ1n) is 15.7. The number of benzene rings is 2. The summed E-state index contributed by atoms with van der Waals surface area (Å²) in [5.41, 5.74) is 7.54. The number of esters is 2. The second-order valence-electron chi connectivity index (χ2n) is 12.4. The van der Waals surface area contributed by atoms with E-state index in [1.807, 2.05) is 88.4 Å². The van der Waals surface area contributed by atoms with Gasteiger partial charge in [0.25, 0.3) is 0 Å². The fraction of sp³-hybridized carbons (Fsp3) is 0.514. The first-order valence-corrected chi connectivity index (χ1v) is 15.7. The first-order chi connectivity index (χ1) is 22.4. The van der Waals surface area contributed by atoms with Crippen molar-refractivity contribution < 1.29 is 38.6 Å². The predicted octanol–water partition coefficient (Wildman–Crippen LogP) is 4.53. The maximum atomic E-state index is 12.1. The number of carbonyl (C=O) groups is 5. The number of aliphatic carboxylic acids is 1. The molecule has 2 aromatic carbocycles. The summed E-state index contributed by atoms with van der Waals surface area (Å²) in [7, 11) is 6.38. The Morgan fingerprint density at radius 3 is 1.29 bits per heavy atom. The number of nitrogens with zero attached hydrogens (tertiary/aromatic N) is 2. The van der Waals surface area contributed by atoms with Crippen molar-refractivity contribution in [2.45, 2.75) is 72.9 Å². The standard InChI is InChI=1S/C15H22N2O3.C12H17NO2.C8H16N2O3.ClH/c1-11(2)13(16-15(19)17(3)4)14(18)20-10-12-8-6-5-7-9-12;1-9(2)11(13)12(14)15-8-10-6-4-3-5-7-10;1-5(2)6(7(11)12)9-8(13)10(3)4;/h5-9,11,13H,10H2,1-4H3,(H,16,19);3-7,9,11H,8,13H2,1-2H3;5-6H,1-4H3,(H,9,13)(H,11,12);1H/t13-;11-;6-;/m000./s1. The van der Waals surface area contributed by atoms with Crippen molar-refractivity contribution in [2.75, 3.05) is 28.2 Å². The Bertz CT molecular complexity index is 1260. The molecule has 5 N–H and O–H groups in total. The number of nitrogens with one attached hydrogen (secondary N) is 2. The number of hydrogen-bond donors (Lipinski definition) is 4. The van der Waals surface area contributed by atoms with Crippen LogP contribution in [0, 0.1) is 17.8 Å². The normalized spacial score (nSPS) is 12.0. The molecule has 0 radical (unpaired) electrons. The summed E-state index contributed by atoms with van der Waals surface area (Å²) in [6, 6.07) is 16.3. The van der Waals surface area contributed by atoms with E-state index in [0.717, 1.165) is 11.1 Å². The molecule has 13 nitrogen and oxygen atoms in total. The highest BCUT2D eigenvalue weighted by Crippen LogP contribution is 2.08. The Balaban J connectivity index is 0. The van der Waals surface area contributed by atoms with Crippen LogP contribution in [0.3, 0.4) is 0 Å². The number of nitrogens with two attached hydrogens (primary N) is 1. The summed E-state index contributed by atoms with van der Waals surface area (Å²) < 4.78 is 10.3. The van der Waals surface area contributed by atoms with Crippen LogP contribution in [0.2, 0.25) is 0 Å². The Morgan fingerprint density at radius 2 is 0.980 bits per heavy atom. The molecule has 0 aliphatic carbocycles. The van der Waals surface area contributed by atoms with Crippen molar-refractivity contribution in [3.8, 4) is 0 Å². The number of rotatable bonds is 12. The van der Waals surface area contributed by atoms with Crippen LogP contribution in [0.25, 0.3) is 0 Å². The molecule has 0 aliphatic heterocycles. The van der Waals surface area contributed by atoms with Gasteiger partial charge in [-0.25, -0.2) is 19.2 Å². The lowest BCUT2D eigenvalue weighted by Gasteiger charge is -2.23. The van der Waals surface area contributed by atoms with Crippen LogP contribution in [-0.4, -0.2) is 91.2 Å². The lowest BCUT2D eigenvalue weighted by molar-refractivity contribution is -0.149. The molecule has 0 unspecified atom stereocenters. The molecule has 0 spiro atoms. The van der Waals surface area contributed by atoms with E-state index in [9.17, 15) is 24.0 Å². The largest absolute Gasteiger partial charge is 0.480 e. The van der Waals surface area contributed by atoms with Crippen LogP contribution >= 0.6 is 12.4 Å². The minimum Gasteiger partial charge on any atom is -0.480 e. The Hall–Kier alpha value is -4.36. The molecule has 0 fully saturated rings. The van der Waals surface area contributed by atoms with Gasteiger partial charge in [-0.3, -0.25) is 4.79 Å². The molecular formula is C35H56ClN5O8. The molecule has 4 amide bonds. The Morgan fingerprint density at radius 1 is 0.633 bits per heavy atom. The van der Waals surface area contributed by atoms with E-state index < -0.39 is 30.1 Å². The maximum Gasteiger partial charge on any atom is 0.329 e. The second kappa shape index (κ2) is 24.7. The first kappa shape index (κ1) is 46.8. The van der Waals surface area contributed by atoms with Crippen LogP contribution < -0.4 is 16.4 Å². The van der Waals surface area contributed by atoms with Gasteiger partial charge < -0.3 is 40.7 Å². The minimum atomic E-state index is -1.01. The number of ether oxygens (including phenoxy) is 2. The van der Waals surface area contributed by atoms with E-state index in [0.29, 0.717) is 6.61 Å². The molecule has 49 heavy (non-hydrogen) atoms. The zero-order valence-corrected chi connectivity index (χ0v) is 31.2. The van der Waals surface area contributed by atoms with Gasteiger partial charge in [-0.15, -0.1) is 12.4 Å². The quantitative estimate of drug-likeness (QED) is 0.230. The van der Waals surface area contributed by atoms with Crippen molar-refractivity contribution in [1.29, 1.82) is 0 Å². The predicted molar refractivity (Wildman–Crippen MR) is 192 cm³/mol. The lowest BCUT2D eigenvalue weighted by atomic mass is 10.1. The smallest absolute Gasteiger partial charge is 0.329 e. The third kappa shape index (κ3) is 19.9. The molecule has 0 saturated carbocycles. The lowest BCUT2D eigenvalue weighted by Crippen LogP contribution is -2.48. The summed E-state index contributed by atoms with van der Waals surface area (Å²) in [4.78, 5) is 59.6. The number of amides is 4. The van der Waals surface area contributed by atoms with Crippen molar-refractivity contribution >= 4 is 42.4 Å². The van der Waals surface area contributed by atoms with Gasteiger partial charge in [-0.05, 0) is 28.9 Å². The summed E-state index contributed by atoms with van der Waals surface area (Å²) >= 11 is 0. The van der Waals surface area contributed by atoms with Gasteiger partial charge in [0.15, 0.2) is 0 Å². The van der Waals surface area contributed by atoms with Crippen molar-refractivity contribution in [2.24, 2.45) is 23.5 Å². The Kier molecular flexibility index (Phi) is 23.6. The average Bonchev–Trinajstić information content (AvgIpc) is 3.04. The highest BCUT2D eigenvalue weighted by molar-refractivity contribution is 5.85. The molecule has 0 aromatic heterocycles. The number of carboxylic acid groups (broad SMARTS) is 1. The van der Waals surface area contributed by atoms with Gasteiger partial charge in [0.1, 0.15) is 31.3 Å². The molecular weight excluding hydrogens is 654 g/mol. The molecule has 3 atom stereocenters. The number of carbonyl (C=O) groups excluding carboxylic acids is 4. The van der Waals surface area contributed by atoms with Gasteiger partial charge in [-0.2, -0.15) is 0 Å². The molecule has 0 bridgehead atoms. The van der Waals surface area contributed by atoms with E-state index in [2.05, 4.69) is 10.6 Å².